The molecule has 3 amide bonds. The van der Waals surface area contributed by atoms with E-state index in [0.29, 0.717) is 48.8 Å². The van der Waals surface area contributed by atoms with E-state index in [1.54, 1.807) is 4.90 Å². The molecule has 11 rings (SSSR count). The van der Waals surface area contributed by atoms with Gasteiger partial charge in [0.25, 0.3) is 5.91 Å². The van der Waals surface area contributed by atoms with Crippen molar-refractivity contribution in [3.63, 3.8) is 0 Å². The third-order valence-corrected chi connectivity index (χ3v) is 15.5. The van der Waals surface area contributed by atoms with Crippen LogP contribution in [0.2, 0.25) is 0 Å². The predicted molar refractivity (Wildman–Crippen MR) is 229 cm³/mol. The van der Waals surface area contributed by atoms with Gasteiger partial charge in [0.05, 0.1) is 18.3 Å². The first kappa shape index (κ1) is 37.7. The molecule has 0 aromatic heterocycles. The van der Waals surface area contributed by atoms with Gasteiger partial charge in [-0.25, -0.2) is 4.99 Å². The number of hydrogen-bond acceptors (Lipinski definition) is 10. The van der Waals surface area contributed by atoms with E-state index in [9.17, 15) is 19.5 Å². The number of imide groups is 1. The number of benzene rings is 3. The van der Waals surface area contributed by atoms with Gasteiger partial charge in [-0.3, -0.25) is 29.6 Å². The summed E-state index contributed by atoms with van der Waals surface area (Å²) in [6, 6.07) is 20.5. The van der Waals surface area contributed by atoms with Crippen LogP contribution < -0.4 is 15.0 Å². The number of aromatic hydroxyl groups is 1. The van der Waals surface area contributed by atoms with E-state index in [-0.39, 0.29) is 41.5 Å². The van der Waals surface area contributed by atoms with E-state index in [0.717, 1.165) is 81.0 Å². The number of nitrogens with zero attached hydrogens (tertiary/aromatic N) is 6. The predicted octanol–water partition coefficient (Wildman–Crippen LogP) is 5.49. The molecular formula is C48H55N7O5. The molecular weight excluding hydrogens is 755 g/mol. The number of likely N-dealkylation sites (tertiary alicyclic amines) is 1. The lowest BCUT2D eigenvalue weighted by atomic mass is 9.57. The van der Waals surface area contributed by atoms with Crippen LogP contribution in [0.5, 0.6) is 11.5 Å². The normalized spacial score (nSPS) is 29.9. The van der Waals surface area contributed by atoms with Crippen molar-refractivity contribution in [2.24, 2.45) is 26.7 Å². The highest BCUT2D eigenvalue weighted by Crippen LogP contribution is 2.54. The van der Waals surface area contributed by atoms with Gasteiger partial charge in [-0.15, -0.1) is 0 Å². The number of aliphatic imine (C=N–C) groups is 2. The number of piperidine rings is 2. The van der Waals surface area contributed by atoms with E-state index in [1.165, 1.54) is 42.4 Å². The van der Waals surface area contributed by atoms with Crippen LogP contribution in [-0.4, -0.2) is 114 Å². The maximum atomic E-state index is 13.4. The number of piperazine rings is 1. The summed E-state index contributed by atoms with van der Waals surface area (Å²) in [6.07, 6.45) is 9.79. The van der Waals surface area contributed by atoms with E-state index >= 15 is 0 Å². The third kappa shape index (κ3) is 6.48. The number of rotatable bonds is 5. The third-order valence-electron chi connectivity index (χ3n) is 15.5. The van der Waals surface area contributed by atoms with Crippen molar-refractivity contribution in [1.29, 1.82) is 0 Å². The van der Waals surface area contributed by atoms with Gasteiger partial charge >= 0.3 is 0 Å². The van der Waals surface area contributed by atoms with Crippen LogP contribution in [0.15, 0.2) is 70.6 Å². The summed E-state index contributed by atoms with van der Waals surface area (Å²) < 4.78 is 6.31. The highest BCUT2D eigenvalue weighted by atomic mass is 16.5. The number of carbonyl (C=O) groups excluding carboxylic acids is 3. The van der Waals surface area contributed by atoms with Crippen molar-refractivity contribution in [2.75, 3.05) is 57.3 Å². The fourth-order valence-corrected chi connectivity index (χ4v) is 12.5. The smallest absolute Gasteiger partial charge is 0.255 e. The Hall–Kier alpha value is -5.23. The number of ether oxygens (including phenoxy) is 1. The van der Waals surface area contributed by atoms with Gasteiger partial charge < -0.3 is 24.5 Å². The maximum absolute atomic E-state index is 13.4. The molecule has 1 spiro atoms. The fraction of sp³-hybridized carbons (Fsp3) is 0.521. The van der Waals surface area contributed by atoms with E-state index in [1.807, 2.05) is 18.2 Å². The van der Waals surface area contributed by atoms with Gasteiger partial charge in [0.15, 0.2) is 0 Å². The number of amides is 3. The average Bonchev–Trinajstić information content (AvgIpc) is 3.56. The molecule has 2 aliphatic carbocycles. The fourth-order valence-electron chi connectivity index (χ4n) is 12.5. The molecule has 8 aliphatic rings. The number of phenols is 1. The van der Waals surface area contributed by atoms with Crippen molar-refractivity contribution in [1.82, 2.24) is 20.0 Å². The summed E-state index contributed by atoms with van der Waals surface area (Å²) in [7, 11) is 0. The van der Waals surface area contributed by atoms with Gasteiger partial charge in [-0.1, -0.05) is 43.3 Å². The Morgan fingerprint density at radius 2 is 1.75 bits per heavy atom. The standard InChI is InChI=1S/C48H55N7O5/c1-47(43-36(31-5-3-2-4-6-31)9-7-32-19-35(56)8-10-37(32)43)28-49-46(50-29-47)53-15-13-48(14-16-53)22-30(23-48)24-52-17-18-54-34(26-52)27-60-41-21-38-33(20-40(41)54)25-55(45(38)59)39-11-12-42(57)51-44(39)58/h2-6,8,10,19-21,28,30,34,36,39,43,56H,7,9,11-18,22-27,29H2,1H3,(H,51,57,58)/t34-,36-,39-,43+,47?/m0/s1. The van der Waals surface area contributed by atoms with Crippen molar-refractivity contribution in [3.8, 4) is 11.5 Å². The van der Waals surface area contributed by atoms with Crippen LogP contribution in [0.1, 0.15) is 96.3 Å². The molecule has 12 nitrogen and oxygen atoms in total. The highest BCUT2D eigenvalue weighted by Gasteiger charge is 2.49. The number of phenolic OH excluding ortho intramolecular Hbond substituents is 1. The quantitative estimate of drug-likeness (QED) is 0.324. The molecule has 6 aliphatic heterocycles. The van der Waals surface area contributed by atoms with Crippen molar-refractivity contribution in [2.45, 2.75) is 88.8 Å². The Bertz CT molecular complexity index is 2300. The minimum atomic E-state index is -0.620. The van der Waals surface area contributed by atoms with E-state index < -0.39 is 6.04 Å². The van der Waals surface area contributed by atoms with Crippen LogP contribution in [0.4, 0.5) is 5.69 Å². The van der Waals surface area contributed by atoms with Crippen LogP contribution in [-0.2, 0) is 22.6 Å². The zero-order chi connectivity index (χ0) is 40.8. The van der Waals surface area contributed by atoms with Gasteiger partial charge in [-0.2, -0.15) is 0 Å². The highest BCUT2D eigenvalue weighted by molar-refractivity contribution is 6.06. The Balaban J connectivity index is 0.681. The minimum Gasteiger partial charge on any atom is -0.508 e. The van der Waals surface area contributed by atoms with Crippen molar-refractivity contribution in [3.05, 3.63) is 88.5 Å². The molecule has 60 heavy (non-hydrogen) atoms. The second-order valence-electron chi connectivity index (χ2n) is 19.4. The molecule has 0 bridgehead atoms. The molecule has 312 valence electrons. The van der Waals surface area contributed by atoms with Crippen molar-refractivity contribution < 1.29 is 24.2 Å². The lowest BCUT2D eigenvalue weighted by Gasteiger charge is -2.54. The average molecular weight is 810 g/mol. The number of aryl methyl sites for hydroxylation is 1. The molecule has 1 saturated carbocycles. The van der Waals surface area contributed by atoms with Gasteiger partial charge in [0.2, 0.25) is 17.8 Å². The zero-order valence-corrected chi connectivity index (χ0v) is 34.5. The molecule has 12 heteroatoms. The number of nitrogens with one attached hydrogen (secondary N) is 1. The Morgan fingerprint density at radius 3 is 2.53 bits per heavy atom. The van der Waals surface area contributed by atoms with Crippen LogP contribution in [0.3, 0.4) is 0 Å². The number of guanidine groups is 1. The van der Waals surface area contributed by atoms with Crippen LogP contribution in [0.25, 0.3) is 0 Å². The van der Waals surface area contributed by atoms with Gasteiger partial charge in [0, 0.05) is 75.3 Å². The number of hydrogen-bond donors (Lipinski definition) is 2. The second-order valence-corrected chi connectivity index (χ2v) is 19.4. The summed E-state index contributed by atoms with van der Waals surface area (Å²) in [6.45, 7) is 10.0. The van der Waals surface area contributed by atoms with Gasteiger partial charge in [-0.05, 0) is 109 Å². The Labute approximate surface area is 351 Å². The largest absolute Gasteiger partial charge is 0.508 e. The zero-order valence-electron chi connectivity index (χ0n) is 34.5. The molecule has 4 fully saturated rings. The molecule has 3 aromatic rings. The Morgan fingerprint density at radius 1 is 0.917 bits per heavy atom. The molecule has 0 radical (unpaired) electrons. The molecule has 2 N–H and O–H groups in total. The summed E-state index contributed by atoms with van der Waals surface area (Å²) in [5.74, 6) is 2.47. The monoisotopic (exact) mass is 809 g/mol. The maximum Gasteiger partial charge on any atom is 0.255 e. The Kier molecular flexibility index (Phi) is 9.09. The molecule has 3 aromatic carbocycles. The summed E-state index contributed by atoms with van der Waals surface area (Å²) >= 11 is 0. The van der Waals surface area contributed by atoms with E-state index in [2.05, 4.69) is 75.6 Å². The first-order valence-electron chi connectivity index (χ1n) is 22.3. The van der Waals surface area contributed by atoms with Gasteiger partial charge in [0.1, 0.15) is 24.1 Å². The van der Waals surface area contributed by atoms with Crippen LogP contribution >= 0.6 is 0 Å². The summed E-state index contributed by atoms with van der Waals surface area (Å²) in [4.78, 5) is 57.2. The SMILES string of the molecule is CC1([C@H]2c3ccc(O)cc3CC[C@H]2c2ccccc2)C=NC(N2CCC3(CC2)CC(CN2CCN4c5cc6c(cc5OC[C@@H]4C2)C(=O)N([C@H]2CCC(=O)NC2=O)C6)C3)=NC1. The first-order valence-corrected chi connectivity index (χ1v) is 22.3. The number of fused-ring (bicyclic) bond motifs is 5. The lowest BCUT2D eigenvalue weighted by molar-refractivity contribution is -0.136. The molecule has 6 heterocycles. The second kappa shape index (κ2) is 14.5. The number of anilines is 1. The number of carbonyl (C=O) groups is 3. The van der Waals surface area contributed by atoms with Crippen molar-refractivity contribution >= 4 is 35.6 Å². The summed E-state index contributed by atoms with van der Waals surface area (Å²) in [5, 5.41) is 12.7. The topological polar surface area (TPSA) is 130 Å². The molecule has 3 saturated heterocycles. The molecule has 1 unspecified atom stereocenters. The van der Waals surface area contributed by atoms with Crippen LogP contribution in [0, 0.1) is 16.7 Å². The lowest BCUT2D eigenvalue weighted by Crippen LogP contribution is -2.59. The van der Waals surface area contributed by atoms with E-state index in [4.69, 9.17) is 14.7 Å². The minimum absolute atomic E-state index is 0.164. The molecule has 5 atom stereocenters. The first-order chi connectivity index (χ1) is 29.1. The summed E-state index contributed by atoms with van der Waals surface area (Å²) in [5.41, 5.74) is 6.71.